The van der Waals surface area contributed by atoms with Gasteiger partial charge in [-0.25, -0.2) is 4.39 Å². The van der Waals surface area contributed by atoms with E-state index >= 15 is 0 Å². The standard InChI is InChI=1S/C17H19ClFNO/c1-11(2)20-10-13-4-6-17(15(19)9-13)21-16-7-5-14(18)8-12(16)3/h4-9,11,20H,10H2,1-3H3. The third-order valence-electron chi connectivity index (χ3n) is 3.07. The molecule has 0 radical (unpaired) electrons. The van der Waals surface area contributed by atoms with Crippen molar-refractivity contribution in [3.05, 3.63) is 58.4 Å². The first-order valence-corrected chi connectivity index (χ1v) is 7.29. The van der Waals surface area contributed by atoms with Crippen molar-refractivity contribution in [2.24, 2.45) is 0 Å². The van der Waals surface area contributed by atoms with Gasteiger partial charge in [0, 0.05) is 17.6 Å². The fourth-order valence-corrected chi connectivity index (χ4v) is 2.13. The first-order valence-electron chi connectivity index (χ1n) is 6.91. The molecule has 21 heavy (non-hydrogen) atoms. The van der Waals surface area contributed by atoms with Gasteiger partial charge in [-0.3, -0.25) is 0 Å². The van der Waals surface area contributed by atoms with Gasteiger partial charge in [0.25, 0.3) is 0 Å². The van der Waals surface area contributed by atoms with Crippen LogP contribution in [0.1, 0.15) is 25.0 Å². The van der Waals surface area contributed by atoms with Crippen LogP contribution in [0, 0.1) is 12.7 Å². The maximum absolute atomic E-state index is 14.1. The molecular weight excluding hydrogens is 289 g/mol. The van der Waals surface area contributed by atoms with Crippen LogP contribution < -0.4 is 10.1 Å². The Balaban J connectivity index is 2.13. The van der Waals surface area contributed by atoms with Crippen LogP contribution in [0.2, 0.25) is 5.02 Å². The van der Waals surface area contributed by atoms with Gasteiger partial charge in [0.2, 0.25) is 0 Å². The second-order valence-corrected chi connectivity index (χ2v) is 5.75. The fourth-order valence-electron chi connectivity index (χ4n) is 1.90. The predicted molar refractivity (Wildman–Crippen MR) is 84.6 cm³/mol. The topological polar surface area (TPSA) is 21.3 Å². The lowest BCUT2D eigenvalue weighted by Gasteiger charge is -2.12. The van der Waals surface area contributed by atoms with Gasteiger partial charge in [-0.15, -0.1) is 0 Å². The number of halogens is 2. The van der Waals surface area contributed by atoms with Gasteiger partial charge >= 0.3 is 0 Å². The molecule has 0 spiro atoms. The van der Waals surface area contributed by atoms with E-state index in [4.69, 9.17) is 16.3 Å². The molecule has 0 heterocycles. The van der Waals surface area contributed by atoms with Gasteiger partial charge in [-0.2, -0.15) is 0 Å². The Morgan fingerprint density at radius 2 is 1.86 bits per heavy atom. The lowest BCUT2D eigenvalue weighted by molar-refractivity contribution is 0.438. The average molecular weight is 308 g/mol. The van der Waals surface area contributed by atoms with Crippen LogP contribution in [-0.4, -0.2) is 6.04 Å². The molecule has 0 fully saturated rings. The molecule has 0 aliphatic heterocycles. The first-order chi connectivity index (χ1) is 9.95. The van der Waals surface area contributed by atoms with Crippen molar-refractivity contribution in [2.75, 3.05) is 0 Å². The van der Waals surface area contributed by atoms with E-state index in [1.165, 1.54) is 6.07 Å². The van der Waals surface area contributed by atoms with Crippen molar-refractivity contribution in [1.82, 2.24) is 5.32 Å². The van der Waals surface area contributed by atoms with Crippen molar-refractivity contribution in [2.45, 2.75) is 33.4 Å². The Morgan fingerprint density at radius 1 is 1.14 bits per heavy atom. The molecule has 2 aromatic carbocycles. The predicted octanol–water partition coefficient (Wildman–Crippen LogP) is 5.08. The molecule has 0 amide bonds. The maximum Gasteiger partial charge on any atom is 0.166 e. The fraction of sp³-hybridized carbons (Fsp3) is 0.294. The molecule has 0 saturated carbocycles. The van der Waals surface area contributed by atoms with Crippen molar-refractivity contribution in [3.8, 4) is 11.5 Å². The van der Waals surface area contributed by atoms with E-state index in [0.717, 1.165) is 11.1 Å². The Bertz CT molecular complexity index is 628. The monoisotopic (exact) mass is 307 g/mol. The number of rotatable bonds is 5. The molecule has 0 aliphatic rings. The minimum Gasteiger partial charge on any atom is -0.454 e. The molecule has 0 aromatic heterocycles. The van der Waals surface area contributed by atoms with Gasteiger partial charge in [0.15, 0.2) is 11.6 Å². The van der Waals surface area contributed by atoms with E-state index in [-0.39, 0.29) is 11.6 Å². The van der Waals surface area contributed by atoms with E-state index in [0.29, 0.717) is 23.4 Å². The Hall–Kier alpha value is -1.58. The summed E-state index contributed by atoms with van der Waals surface area (Å²) >= 11 is 5.90. The van der Waals surface area contributed by atoms with Crippen molar-refractivity contribution in [1.29, 1.82) is 0 Å². The molecule has 0 saturated heterocycles. The Morgan fingerprint density at radius 3 is 2.48 bits per heavy atom. The van der Waals surface area contributed by atoms with E-state index < -0.39 is 0 Å². The summed E-state index contributed by atoms with van der Waals surface area (Å²) in [7, 11) is 0. The largest absolute Gasteiger partial charge is 0.454 e. The number of hydrogen-bond acceptors (Lipinski definition) is 2. The van der Waals surface area contributed by atoms with E-state index in [2.05, 4.69) is 19.2 Å². The molecule has 0 unspecified atom stereocenters. The summed E-state index contributed by atoms with van der Waals surface area (Å²) in [5.74, 6) is 0.451. The molecule has 2 aromatic rings. The molecule has 4 heteroatoms. The highest BCUT2D eigenvalue weighted by Gasteiger charge is 2.08. The van der Waals surface area contributed by atoms with Crippen LogP contribution in [-0.2, 0) is 6.54 Å². The zero-order valence-electron chi connectivity index (χ0n) is 12.4. The van der Waals surface area contributed by atoms with Crippen molar-refractivity contribution in [3.63, 3.8) is 0 Å². The van der Waals surface area contributed by atoms with Crippen LogP contribution in [0.3, 0.4) is 0 Å². The van der Waals surface area contributed by atoms with E-state index in [9.17, 15) is 4.39 Å². The number of hydrogen-bond donors (Lipinski definition) is 1. The zero-order valence-corrected chi connectivity index (χ0v) is 13.2. The number of nitrogens with one attached hydrogen (secondary N) is 1. The van der Waals surface area contributed by atoms with Crippen LogP contribution >= 0.6 is 11.6 Å². The first kappa shape index (κ1) is 15.8. The van der Waals surface area contributed by atoms with E-state index in [1.807, 2.05) is 13.0 Å². The molecule has 0 bridgehead atoms. The Labute approximate surface area is 129 Å². The number of ether oxygens (including phenoxy) is 1. The zero-order chi connectivity index (χ0) is 15.4. The summed E-state index contributed by atoms with van der Waals surface area (Å²) in [6.07, 6.45) is 0. The highest BCUT2D eigenvalue weighted by molar-refractivity contribution is 6.30. The molecular formula is C17H19ClFNO. The number of aryl methyl sites for hydroxylation is 1. The third kappa shape index (κ3) is 4.45. The molecule has 1 N–H and O–H groups in total. The van der Waals surface area contributed by atoms with E-state index in [1.54, 1.807) is 24.3 Å². The summed E-state index contributed by atoms with van der Waals surface area (Å²) in [6.45, 7) is 6.61. The summed E-state index contributed by atoms with van der Waals surface area (Å²) in [5, 5.41) is 3.89. The average Bonchev–Trinajstić information content (AvgIpc) is 2.42. The highest BCUT2D eigenvalue weighted by Crippen LogP contribution is 2.29. The lowest BCUT2D eigenvalue weighted by atomic mass is 10.2. The summed E-state index contributed by atoms with van der Waals surface area (Å²) in [4.78, 5) is 0. The van der Waals surface area contributed by atoms with Crippen LogP contribution in [0.5, 0.6) is 11.5 Å². The second-order valence-electron chi connectivity index (χ2n) is 5.31. The second kappa shape index (κ2) is 6.92. The lowest BCUT2D eigenvalue weighted by Crippen LogP contribution is -2.21. The molecule has 112 valence electrons. The van der Waals surface area contributed by atoms with Gasteiger partial charge in [-0.1, -0.05) is 31.5 Å². The minimum absolute atomic E-state index is 0.216. The number of benzene rings is 2. The molecule has 0 aliphatic carbocycles. The minimum atomic E-state index is -0.368. The molecule has 2 rings (SSSR count). The SMILES string of the molecule is Cc1cc(Cl)ccc1Oc1ccc(CNC(C)C)cc1F. The summed E-state index contributed by atoms with van der Waals surface area (Å²) < 4.78 is 19.7. The van der Waals surface area contributed by atoms with Gasteiger partial charge in [0.05, 0.1) is 0 Å². The van der Waals surface area contributed by atoms with Gasteiger partial charge < -0.3 is 10.1 Å². The van der Waals surface area contributed by atoms with Gasteiger partial charge in [0.1, 0.15) is 5.75 Å². The van der Waals surface area contributed by atoms with Crippen LogP contribution in [0.15, 0.2) is 36.4 Å². The van der Waals surface area contributed by atoms with Crippen LogP contribution in [0.25, 0.3) is 0 Å². The van der Waals surface area contributed by atoms with Crippen molar-refractivity contribution >= 4 is 11.6 Å². The highest BCUT2D eigenvalue weighted by atomic mass is 35.5. The molecule has 0 atom stereocenters. The van der Waals surface area contributed by atoms with Crippen molar-refractivity contribution < 1.29 is 9.13 Å². The third-order valence-corrected chi connectivity index (χ3v) is 3.30. The summed E-state index contributed by atoms with van der Waals surface area (Å²) in [6, 6.07) is 10.6. The van der Waals surface area contributed by atoms with Gasteiger partial charge in [-0.05, 0) is 48.4 Å². The molecule has 2 nitrogen and oxygen atoms in total. The quantitative estimate of drug-likeness (QED) is 0.832. The normalized spacial score (nSPS) is 11.0. The smallest absolute Gasteiger partial charge is 0.166 e. The Kier molecular flexibility index (Phi) is 5.21. The van der Waals surface area contributed by atoms with Crippen LogP contribution in [0.4, 0.5) is 4.39 Å². The summed E-state index contributed by atoms with van der Waals surface area (Å²) in [5.41, 5.74) is 1.76. The maximum atomic E-state index is 14.1.